The molecule has 2 aromatic rings. The molecule has 2 aromatic carbocycles. The number of rotatable bonds is 3. The largest absolute Gasteiger partial charge is 0.497 e. The van der Waals surface area contributed by atoms with Gasteiger partial charge in [-0.25, -0.2) is 0 Å². The van der Waals surface area contributed by atoms with Gasteiger partial charge in [0, 0.05) is 24.9 Å². The Bertz CT molecular complexity index is 807. The maximum absolute atomic E-state index is 12.2. The number of carbonyl (C=O) groups excluding carboxylic acids is 1. The normalized spacial score (nSPS) is 20.8. The SMILES string of the molecule is COc1cccc(C#C[C@H](O)[C@H]2[C@@H](c3ccccc3)CC(=O)N2C)c1. The van der Waals surface area contributed by atoms with E-state index in [0.717, 1.165) is 16.9 Å². The third kappa shape index (κ3) is 3.67. The third-order valence-electron chi connectivity index (χ3n) is 4.63. The highest BCUT2D eigenvalue weighted by molar-refractivity contribution is 5.80. The summed E-state index contributed by atoms with van der Waals surface area (Å²) >= 11 is 0. The number of hydrogen-bond acceptors (Lipinski definition) is 3. The Morgan fingerprint density at radius 2 is 1.96 bits per heavy atom. The van der Waals surface area contributed by atoms with Crippen LogP contribution in [0.5, 0.6) is 5.75 Å². The molecule has 4 nitrogen and oxygen atoms in total. The minimum atomic E-state index is -0.923. The highest BCUT2D eigenvalue weighted by atomic mass is 16.5. The Morgan fingerprint density at radius 3 is 2.68 bits per heavy atom. The van der Waals surface area contributed by atoms with E-state index in [-0.39, 0.29) is 17.9 Å². The van der Waals surface area contributed by atoms with Gasteiger partial charge in [-0.05, 0) is 23.8 Å². The van der Waals surface area contributed by atoms with E-state index in [1.807, 2.05) is 54.6 Å². The van der Waals surface area contributed by atoms with Crippen molar-refractivity contribution >= 4 is 5.91 Å². The predicted molar refractivity (Wildman–Crippen MR) is 96.2 cm³/mol. The zero-order valence-corrected chi connectivity index (χ0v) is 14.3. The Balaban J connectivity index is 1.85. The number of benzene rings is 2. The van der Waals surface area contributed by atoms with Crippen LogP contribution >= 0.6 is 0 Å². The third-order valence-corrected chi connectivity index (χ3v) is 4.63. The van der Waals surface area contributed by atoms with Crippen LogP contribution in [-0.4, -0.2) is 42.2 Å². The second-order valence-electron chi connectivity index (χ2n) is 6.16. The van der Waals surface area contributed by atoms with Crippen molar-refractivity contribution in [2.75, 3.05) is 14.2 Å². The summed E-state index contributed by atoms with van der Waals surface area (Å²) < 4.78 is 5.18. The molecule has 0 unspecified atom stereocenters. The Labute approximate surface area is 148 Å². The Kier molecular flexibility index (Phi) is 5.06. The molecule has 1 heterocycles. The van der Waals surface area contributed by atoms with E-state index < -0.39 is 6.10 Å². The van der Waals surface area contributed by atoms with Crippen molar-refractivity contribution in [1.29, 1.82) is 0 Å². The number of ether oxygens (including phenoxy) is 1. The van der Waals surface area contributed by atoms with Gasteiger partial charge in [0.2, 0.25) is 5.91 Å². The molecule has 1 aliphatic heterocycles. The van der Waals surface area contributed by atoms with E-state index in [9.17, 15) is 9.90 Å². The summed E-state index contributed by atoms with van der Waals surface area (Å²) in [4.78, 5) is 13.8. The molecule has 1 aliphatic rings. The van der Waals surface area contributed by atoms with Gasteiger partial charge < -0.3 is 14.7 Å². The maximum atomic E-state index is 12.2. The molecule has 1 amide bonds. The number of methoxy groups -OCH3 is 1. The number of aliphatic hydroxyl groups is 1. The average molecular weight is 335 g/mol. The number of likely N-dealkylation sites (tertiary alicyclic amines) is 1. The van der Waals surface area contributed by atoms with Gasteiger partial charge in [-0.1, -0.05) is 48.2 Å². The fourth-order valence-corrected chi connectivity index (χ4v) is 3.28. The fourth-order valence-electron chi connectivity index (χ4n) is 3.28. The van der Waals surface area contributed by atoms with Gasteiger partial charge in [0.15, 0.2) is 0 Å². The summed E-state index contributed by atoms with van der Waals surface area (Å²) in [6, 6.07) is 16.8. The number of nitrogens with zero attached hydrogens (tertiary/aromatic N) is 1. The molecule has 0 radical (unpaired) electrons. The summed E-state index contributed by atoms with van der Waals surface area (Å²) in [6.07, 6.45) is -0.531. The van der Waals surface area contributed by atoms with E-state index in [2.05, 4.69) is 11.8 Å². The van der Waals surface area contributed by atoms with Crippen LogP contribution in [0.25, 0.3) is 0 Å². The zero-order chi connectivity index (χ0) is 17.8. The van der Waals surface area contributed by atoms with Crippen molar-refractivity contribution in [3.05, 3.63) is 65.7 Å². The number of amides is 1. The lowest BCUT2D eigenvalue weighted by Crippen LogP contribution is -2.40. The van der Waals surface area contributed by atoms with Crippen LogP contribution in [0.1, 0.15) is 23.5 Å². The van der Waals surface area contributed by atoms with Gasteiger partial charge in [-0.15, -0.1) is 0 Å². The van der Waals surface area contributed by atoms with E-state index in [4.69, 9.17) is 4.74 Å². The quantitative estimate of drug-likeness (QED) is 0.877. The van der Waals surface area contributed by atoms with Gasteiger partial charge in [0.1, 0.15) is 11.9 Å². The molecule has 0 aliphatic carbocycles. The molecule has 3 rings (SSSR count). The van der Waals surface area contributed by atoms with E-state index in [1.54, 1.807) is 19.1 Å². The Hall–Kier alpha value is -2.77. The molecule has 0 aromatic heterocycles. The number of aliphatic hydroxyl groups excluding tert-OH is 1. The molecule has 4 heteroatoms. The minimum Gasteiger partial charge on any atom is -0.497 e. The highest BCUT2D eigenvalue weighted by Crippen LogP contribution is 2.35. The summed E-state index contributed by atoms with van der Waals surface area (Å²) in [7, 11) is 3.33. The van der Waals surface area contributed by atoms with Gasteiger partial charge >= 0.3 is 0 Å². The number of hydrogen-bond donors (Lipinski definition) is 1. The number of likely N-dealkylation sites (N-methyl/N-ethyl adjacent to an activating group) is 1. The lowest BCUT2D eigenvalue weighted by atomic mass is 9.88. The number of carbonyl (C=O) groups is 1. The van der Waals surface area contributed by atoms with Crippen molar-refractivity contribution in [3.63, 3.8) is 0 Å². The molecular weight excluding hydrogens is 314 g/mol. The average Bonchev–Trinajstić information content (AvgIpc) is 2.95. The molecule has 1 fully saturated rings. The molecule has 0 bridgehead atoms. The second kappa shape index (κ2) is 7.42. The monoisotopic (exact) mass is 335 g/mol. The van der Waals surface area contributed by atoms with Crippen molar-refractivity contribution in [1.82, 2.24) is 4.90 Å². The molecule has 3 atom stereocenters. The smallest absolute Gasteiger partial charge is 0.223 e. The lowest BCUT2D eigenvalue weighted by molar-refractivity contribution is -0.128. The van der Waals surface area contributed by atoms with Crippen LogP contribution < -0.4 is 4.74 Å². The van der Waals surface area contributed by atoms with Crippen molar-refractivity contribution in [2.24, 2.45) is 0 Å². The van der Waals surface area contributed by atoms with Crippen LogP contribution in [-0.2, 0) is 4.79 Å². The summed E-state index contributed by atoms with van der Waals surface area (Å²) in [6.45, 7) is 0. The summed E-state index contributed by atoms with van der Waals surface area (Å²) in [5, 5.41) is 10.7. The first-order chi connectivity index (χ1) is 12.1. The zero-order valence-electron chi connectivity index (χ0n) is 14.3. The molecule has 1 saturated heterocycles. The predicted octanol–water partition coefficient (Wildman–Crippen LogP) is 2.42. The van der Waals surface area contributed by atoms with Gasteiger partial charge in [-0.2, -0.15) is 0 Å². The minimum absolute atomic E-state index is 0.0288. The van der Waals surface area contributed by atoms with Crippen molar-refractivity contribution in [3.8, 4) is 17.6 Å². The van der Waals surface area contributed by atoms with Crippen molar-refractivity contribution in [2.45, 2.75) is 24.5 Å². The van der Waals surface area contributed by atoms with Gasteiger partial charge in [0.05, 0.1) is 13.2 Å². The lowest BCUT2D eigenvalue weighted by Gasteiger charge is -2.27. The standard InChI is InChI=1S/C21H21NO3/c1-22-20(24)14-18(16-8-4-3-5-9-16)21(22)19(23)12-11-15-7-6-10-17(13-15)25-2/h3-10,13,18-19,21,23H,14H2,1-2H3/t18-,19+,21-/m1/s1. The van der Waals surface area contributed by atoms with Crippen LogP contribution in [0.3, 0.4) is 0 Å². The highest BCUT2D eigenvalue weighted by Gasteiger charge is 2.41. The molecule has 25 heavy (non-hydrogen) atoms. The van der Waals surface area contributed by atoms with Crippen LogP contribution in [0.2, 0.25) is 0 Å². The Morgan fingerprint density at radius 1 is 1.20 bits per heavy atom. The first kappa shape index (κ1) is 17.1. The topological polar surface area (TPSA) is 49.8 Å². The van der Waals surface area contributed by atoms with Gasteiger partial charge in [-0.3, -0.25) is 4.79 Å². The van der Waals surface area contributed by atoms with Gasteiger partial charge in [0.25, 0.3) is 0 Å². The summed E-state index contributed by atoms with van der Waals surface area (Å²) in [5.41, 5.74) is 1.81. The van der Waals surface area contributed by atoms with Crippen molar-refractivity contribution < 1.29 is 14.6 Å². The van der Waals surface area contributed by atoms with Crippen LogP contribution in [0.15, 0.2) is 54.6 Å². The van der Waals surface area contributed by atoms with Crippen LogP contribution in [0, 0.1) is 11.8 Å². The molecular formula is C21H21NO3. The fraction of sp³-hybridized carbons (Fsp3) is 0.286. The van der Waals surface area contributed by atoms with Crippen LogP contribution in [0.4, 0.5) is 0 Å². The van der Waals surface area contributed by atoms with E-state index in [1.165, 1.54) is 0 Å². The van der Waals surface area contributed by atoms with E-state index >= 15 is 0 Å². The maximum Gasteiger partial charge on any atom is 0.223 e. The summed E-state index contributed by atoms with van der Waals surface area (Å²) in [5.74, 6) is 6.57. The molecule has 128 valence electrons. The second-order valence-corrected chi connectivity index (χ2v) is 6.16. The first-order valence-electron chi connectivity index (χ1n) is 8.24. The molecule has 0 spiro atoms. The molecule has 1 N–H and O–H groups in total. The van der Waals surface area contributed by atoms with E-state index in [0.29, 0.717) is 6.42 Å². The molecule has 0 saturated carbocycles. The first-order valence-corrected chi connectivity index (χ1v) is 8.24.